The molecule has 0 atom stereocenters. The quantitative estimate of drug-likeness (QED) is 0.234. The van der Waals surface area contributed by atoms with Gasteiger partial charge in [0.25, 0.3) is 0 Å². The lowest BCUT2D eigenvalue weighted by atomic mass is 9.93. The SMILES string of the molecule is CCOc1ccc(C=C2CN(Cc3ccccc3)CC(=Cc3ccc(OCC)c(OCC)c3)C2=O)cc1OCC. The predicted molar refractivity (Wildman–Crippen MR) is 160 cm³/mol. The van der Waals surface area contributed by atoms with Crippen LogP contribution in [0.15, 0.2) is 77.9 Å². The number of rotatable bonds is 12. The number of carbonyl (C=O) groups is 1. The number of benzene rings is 3. The molecule has 4 rings (SSSR count). The first-order valence-electron chi connectivity index (χ1n) is 14.1. The van der Waals surface area contributed by atoms with Crippen LogP contribution in [-0.2, 0) is 11.3 Å². The van der Waals surface area contributed by atoms with Crippen LogP contribution < -0.4 is 18.9 Å². The second kappa shape index (κ2) is 14.4. The Kier molecular flexibility index (Phi) is 10.4. The monoisotopic (exact) mass is 541 g/mol. The summed E-state index contributed by atoms with van der Waals surface area (Å²) in [6.45, 7) is 11.8. The lowest BCUT2D eigenvalue weighted by Gasteiger charge is -2.30. The van der Waals surface area contributed by atoms with Gasteiger partial charge in [0.2, 0.25) is 0 Å². The van der Waals surface area contributed by atoms with Crippen LogP contribution in [0.25, 0.3) is 12.2 Å². The highest BCUT2D eigenvalue weighted by atomic mass is 16.5. The van der Waals surface area contributed by atoms with Gasteiger partial charge in [0.15, 0.2) is 28.8 Å². The van der Waals surface area contributed by atoms with E-state index in [2.05, 4.69) is 17.0 Å². The fraction of sp³-hybridized carbons (Fsp3) is 0.324. The van der Waals surface area contributed by atoms with E-state index in [9.17, 15) is 4.79 Å². The summed E-state index contributed by atoms with van der Waals surface area (Å²) in [5, 5.41) is 0. The Labute approximate surface area is 237 Å². The second-order valence-corrected chi connectivity index (χ2v) is 9.44. The van der Waals surface area contributed by atoms with Crippen LogP contribution in [0.1, 0.15) is 44.4 Å². The summed E-state index contributed by atoms with van der Waals surface area (Å²) >= 11 is 0. The van der Waals surface area contributed by atoms with Gasteiger partial charge in [0, 0.05) is 30.8 Å². The van der Waals surface area contributed by atoms with Crippen LogP contribution in [0, 0.1) is 0 Å². The second-order valence-electron chi connectivity index (χ2n) is 9.44. The van der Waals surface area contributed by atoms with Crippen molar-refractivity contribution in [2.45, 2.75) is 34.2 Å². The van der Waals surface area contributed by atoms with Gasteiger partial charge < -0.3 is 18.9 Å². The van der Waals surface area contributed by atoms with Gasteiger partial charge in [-0.2, -0.15) is 0 Å². The third kappa shape index (κ3) is 7.54. The number of carbonyl (C=O) groups excluding carboxylic acids is 1. The first-order valence-corrected chi connectivity index (χ1v) is 14.1. The van der Waals surface area contributed by atoms with Crippen molar-refractivity contribution in [2.75, 3.05) is 39.5 Å². The highest BCUT2D eigenvalue weighted by Gasteiger charge is 2.26. The summed E-state index contributed by atoms with van der Waals surface area (Å²) in [6, 6.07) is 22.0. The van der Waals surface area contributed by atoms with Gasteiger partial charge in [-0.15, -0.1) is 0 Å². The molecule has 1 heterocycles. The fourth-order valence-electron chi connectivity index (χ4n) is 4.78. The summed E-state index contributed by atoms with van der Waals surface area (Å²) < 4.78 is 23.1. The molecule has 40 heavy (non-hydrogen) atoms. The summed E-state index contributed by atoms with van der Waals surface area (Å²) in [6.07, 6.45) is 3.94. The Morgan fingerprint density at radius 1 is 0.625 bits per heavy atom. The zero-order chi connectivity index (χ0) is 28.3. The van der Waals surface area contributed by atoms with Gasteiger partial charge in [0.05, 0.1) is 26.4 Å². The lowest BCUT2D eigenvalue weighted by Crippen LogP contribution is -2.37. The van der Waals surface area contributed by atoms with E-state index in [1.165, 1.54) is 5.56 Å². The van der Waals surface area contributed by atoms with Crippen molar-refractivity contribution >= 4 is 17.9 Å². The molecule has 0 spiro atoms. The van der Waals surface area contributed by atoms with E-state index in [4.69, 9.17) is 18.9 Å². The number of ketones is 1. The summed E-state index contributed by atoms with van der Waals surface area (Å²) in [5.41, 5.74) is 4.47. The van der Waals surface area contributed by atoms with Gasteiger partial charge in [-0.25, -0.2) is 0 Å². The van der Waals surface area contributed by atoms with Gasteiger partial charge in [-0.05, 0) is 80.8 Å². The van der Waals surface area contributed by atoms with Gasteiger partial charge in [-0.3, -0.25) is 9.69 Å². The minimum atomic E-state index is 0.0444. The number of piperidine rings is 1. The Bertz CT molecular complexity index is 1260. The number of nitrogens with zero attached hydrogens (tertiary/aromatic N) is 1. The molecule has 6 nitrogen and oxygen atoms in total. The molecule has 3 aromatic rings. The molecule has 0 aliphatic carbocycles. The van der Waals surface area contributed by atoms with Crippen LogP contribution in [-0.4, -0.2) is 50.2 Å². The Hall–Kier alpha value is -4.03. The molecule has 1 fully saturated rings. The standard InChI is InChI=1S/C34H39NO5/c1-5-37-30-16-14-26(20-32(30)39-7-3)18-28-23-35(22-25-12-10-9-11-13-25)24-29(34(28)36)19-27-15-17-31(38-6-2)33(21-27)40-8-4/h9-21H,5-8,22-24H2,1-4H3. The minimum Gasteiger partial charge on any atom is -0.490 e. The van der Waals surface area contributed by atoms with Gasteiger partial charge in [-0.1, -0.05) is 42.5 Å². The number of hydrogen-bond acceptors (Lipinski definition) is 6. The summed E-state index contributed by atoms with van der Waals surface area (Å²) in [5.74, 6) is 2.80. The van der Waals surface area contributed by atoms with Gasteiger partial charge in [0.1, 0.15) is 0 Å². The number of Topliss-reactive ketones (excluding diaryl/α,β-unsaturated/α-hetero) is 1. The van der Waals surface area contributed by atoms with Crippen molar-refractivity contribution in [1.29, 1.82) is 0 Å². The largest absolute Gasteiger partial charge is 0.490 e. The molecular weight excluding hydrogens is 502 g/mol. The molecule has 0 amide bonds. The van der Waals surface area contributed by atoms with Crippen molar-refractivity contribution in [3.8, 4) is 23.0 Å². The Morgan fingerprint density at radius 2 is 1.07 bits per heavy atom. The smallest absolute Gasteiger partial charge is 0.187 e. The van der Waals surface area contributed by atoms with Crippen LogP contribution in [0.5, 0.6) is 23.0 Å². The molecule has 1 saturated heterocycles. The molecule has 1 aliphatic heterocycles. The zero-order valence-electron chi connectivity index (χ0n) is 23.9. The first kappa shape index (κ1) is 29.0. The average molecular weight is 542 g/mol. The molecule has 3 aromatic carbocycles. The van der Waals surface area contributed by atoms with Crippen LogP contribution in [0.4, 0.5) is 0 Å². The minimum absolute atomic E-state index is 0.0444. The van der Waals surface area contributed by atoms with Crippen molar-refractivity contribution < 1.29 is 23.7 Å². The zero-order valence-corrected chi connectivity index (χ0v) is 23.9. The first-order chi connectivity index (χ1) is 19.5. The molecule has 0 saturated carbocycles. The van der Waals surface area contributed by atoms with Crippen molar-refractivity contribution in [1.82, 2.24) is 4.90 Å². The maximum absolute atomic E-state index is 13.8. The van der Waals surface area contributed by atoms with Crippen LogP contribution in [0.2, 0.25) is 0 Å². The topological polar surface area (TPSA) is 57.2 Å². The van der Waals surface area contributed by atoms with E-state index in [0.29, 0.717) is 62.5 Å². The van der Waals surface area contributed by atoms with E-state index in [-0.39, 0.29) is 5.78 Å². The molecule has 1 aliphatic rings. The highest BCUT2D eigenvalue weighted by molar-refractivity contribution is 6.14. The Balaban J connectivity index is 1.70. The summed E-state index contributed by atoms with van der Waals surface area (Å²) in [4.78, 5) is 16.1. The summed E-state index contributed by atoms with van der Waals surface area (Å²) in [7, 11) is 0. The molecule has 210 valence electrons. The Morgan fingerprint density at radius 3 is 1.52 bits per heavy atom. The molecule has 0 aromatic heterocycles. The number of ether oxygens (including phenoxy) is 4. The maximum atomic E-state index is 13.8. The van der Waals surface area contributed by atoms with Crippen LogP contribution in [0.3, 0.4) is 0 Å². The molecular formula is C34H39NO5. The van der Waals surface area contributed by atoms with Crippen molar-refractivity contribution in [2.24, 2.45) is 0 Å². The van der Waals surface area contributed by atoms with E-state index >= 15 is 0 Å². The predicted octanol–water partition coefficient (Wildman–Crippen LogP) is 6.83. The van der Waals surface area contributed by atoms with Gasteiger partial charge >= 0.3 is 0 Å². The molecule has 6 heteroatoms. The van der Waals surface area contributed by atoms with E-state index in [1.807, 2.05) is 94.4 Å². The highest BCUT2D eigenvalue weighted by Crippen LogP contribution is 2.32. The van der Waals surface area contributed by atoms with Crippen LogP contribution >= 0.6 is 0 Å². The number of likely N-dealkylation sites (tertiary alicyclic amines) is 1. The van der Waals surface area contributed by atoms with E-state index in [0.717, 1.165) is 28.8 Å². The molecule has 0 radical (unpaired) electrons. The molecule has 0 N–H and O–H groups in total. The fourth-order valence-corrected chi connectivity index (χ4v) is 4.78. The third-order valence-electron chi connectivity index (χ3n) is 6.44. The van der Waals surface area contributed by atoms with Crippen molar-refractivity contribution in [3.05, 3.63) is 94.6 Å². The average Bonchev–Trinajstić information content (AvgIpc) is 2.95. The normalized spacial score (nSPS) is 15.8. The molecule has 0 unspecified atom stereocenters. The lowest BCUT2D eigenvalue weighted by molar-refractivity contribution is -0.113. The van der Waals surface area contributed by atoms with Crippen molar-refractivity contribution in [3.63, 3.8) is 0 Å². The van der Waals surface area contributed by atoms with E-state index in [1.54, 1.807) is 0 Å². The van der Waals surface area contributed by atoms with E-state index < -0.39 is 0 Å². The third-order valence-corrected chi connectivity index (χ3v) is 6.44. The number of hydrogen-bond donors (Lipinski definition) is 0. The maximum Gasteiger partial charge on any atom is 0.187 e. The molecule has 0 bridgehead atoms.